The Kier molecular flexibility index (Phi) is 4.35. The van der Waals surface area contributed by atoms with Crippen molar-refractivity contribution < 1.29 is 19.4 Å². The summed E-state index contributed by atoms with van der Waals surface area (Å²) in [5.41, 5.74) is 3.01. The number of fused-ring (bicyclic) bond motifs is 2. The minimum atomic E-state index is -0.865. The number of carbonyl (C=O) groups is 2. The predicted octanol–water partition coefficient (Wildman–Crippen LogP) is 3.33. The van der Waals surface area contributed by atoms with E-state index >= 15 is 0 Å². The lowest BCUT2D eigenvalue weighted by molar-refractivity contribution is -0.148. The molecule has 4 atom stereocenters. The molecule has 1 amide bonds. The number of carboxylic acid groups (broad SMARTS) is 1. The van der Waals surface area contributed by atoms with Crippen molar-refractivity contribution in [1.82, 2.24) is 0 Å². The van der Waals surface area contributed by atoms with Gasteiger partial charge < -0.3 is 15.2 Å². The molecule has 0 radical (unpaired) electrons. The van der Waals surface area contributed by atoms with Gasteiger partial charge in [0.2, 0.25) is 5.91 Å². The van der Waals surface area contributed by atoms with Crippen molar-refractivity contribution in [2.75, 3.05) is 12.4 Å². The van der Waals surface area contributed by atoms with Crippen LogP contribution in [0.5, 0.6) is 5.75 Å². The number of ether oxygens (including phenoxy) is 1. The van der Waals surface area contributed by atoms with Gasteiger partial charge in [-0.05, 0) is 62.8 Å². The van der Waals surface area contributed by atoms with E-state index in [1.165, 1.54) is 5.57 Å². The van der Waals surface area contributed by atoms with Crippen molar-refractivity contribution >= 4 is 17.6 Å². The average molecular weight is 329 g/mol. The Morgan fingerprint density at radius 3 is 2.17 bits per heavy atom. The molecule has 0 heterocycles. The van der Waals surface area contributed by atoms with Crippen LogP contribution in [0.2, 0.25) is 0 Å². The number of hydrogen-bond donors (Lipinski definition) is 2. The van der Waals surface area contributed by atoms with E-state index in [1.807, 2.05) is 13.8 Å². The normalized spacial score (nSPS) is 27.9. The quantitative estimate of drug-likeness (QED) is 0.831. The Hall–Kier alpha value is -2.30. The van der Waals surface area contributed by atoms with E-state index in [4.69, 9.17) is 4.74 Å². The van der Waals surface area contributed by atoms with Gasteiger partial charge in [0.15, 0.2) is 0 Å². The first kappa shape index (κ1) is 16.6. The molecular weight excluding hydrogens is 306 g/mol. The molecule has 0 spiro atoms. The summed E-state index contributed by atoms with van der Waals surface area (Å²) in [5.74, 6) is -1.40. The summed E-state index contributed by atoms with van der Waals surface area (Å²) in [4.78, 5) is 24.6. The van der Waals surface area contributed by atoms with E-state index < -0.39 is 17.8 Å². The fraction of sp³-hybridized carbons (Fsp3) is 0.474. The Labute approximate surface area is 141 Å². The Morgan fingerprint density at radius 1 is 1.08 bits per heavy atom. The van der Waals surface area contributed by atoms with E-state index in [9.17, 15) is 14.7 Å². The van der Waals surface area contributed by atoms with Gasteiger partial charge in [-0.2, -0.15) is 0 Å². The van der Waals surface area contributed by atoms with E-state index in [1.54, 1.807) is 31.4 Å². The summed E-state index contributed by atoms with van der Waals surface area (Å²) in [6.45, 7) is 4.03. The average Bonchev–Trinajstić information content (AvgIpc) is 3.11. The van der Waals surface area contributed by atoms with Crippen LogP contribution in [0.15, 0.2) is 35.4 Å². The first-order valence-corrected chi connectivity index (χ1v) is 8.29. The molecule has 5 nitrogen and oxygen atoms in total. The molecule has 0 aromatic heterocycles. The van der Waals surface area contributed by atoms with Gasteiger partial charge in [-0.1, -0.05) is 11.1 Å². The lowest BCUT2D eigenvalue weighted by atomic mass is 9.78. The maximum atomic E-state index is 12.8. The van der Waals surface area contributed by atoms with E-state index in [0.717, 1.165) is 18.4 Å². The molecule has 3 rings (SSSR count). The number of benzene rings is 1. The van der Waals surface area contributed by atoms with Crippen LogP contribution in [-0.4, -0.2) is 24.1 Å². The molecule has 0 saturated heterocycles. The van der Waals surface area contributed by atoms with E-state index in [2.05, 4.69) is 5.32 Å². The fourth-order valence-electron chi connectivity index (χ4n) is 4.50. The number of nitrogens with one attached hydrogen (secondary N) is 1. The second-order valence-corrected chi connectivity index (χ2v) is 6.85. The molecule has 2 aliphatic carbocycles. The second-order valence-electron chi connectivity index (χ2n) is 6.85. The van der Waals surface area contributed by atoms with Crippen molar-refractivity contribution in [3.05, 3.63) is 35.4 Å². The summed E-state index contributed by atoms with van der Waals surface area (Å²) < 4.78 is 5.11. The SMILES string of the molecule is COc1ccc(NC(=O)[C@@H]2[C@@H](C(=O)O)[C@H]3CC[C@@H]2C3=C(C)C)cc1. The number of hydrogen-bond acceptors (Lipinski definition) is 3. The highest BCUT2D eigenvalue weighted by Crippen LogP contribution is 2.57. The molecule has 128 valence electrons. The molecule has 0 aliphatic heterocycles. The van der Waals surface area contributed by atoms with Crippen LogP contribution >= 0.6 is 0 Å². The second kappa shape index (κ2) is 6.30. The number of allylic oxidation sites excluding steroid dienone is 2. The zero-order chi connectivity index (χ0) is 17.4. The molecule has 2 bridgehead atoms. The third kappa shape index (κ3) is 2.68. The summed E-state index contributed by atoms with van der Waals surface area (Å²) in [5, 5.41) is 12.6. The Balaban J connectivity index is 1.85. The first-order valence-electron chi connectivity index (χ1n) is 8.29. The van der Waals surface area contributed by atoms with E-state index in [0.29, 0.717) is 11.4 Å². The van der Waals surface area contributed by atoms with Crippen LogP contribution in [-0.2, 0) is 9.59 Å². The smallest absolute Gasteiger partial charge is 0.307 e. The highest BCUT2D eigenvalue weighted by atomic mass is 16.5. The molecule has 5 heteroatoms. The number of rotatable bonds is 4. The fourth-order valence-corrected chi connectivity index (χ4v) is 4.50. The summed E-state index contributed by atoms with van der Waals surface area (Å²) in [6, 6.07) is 7.07. The summed E-state index contributed by atoms with van der Waals surface area (Å²) in [7, 11) is 1.58. The maximum absolute atomic E-state index is 12.8. The minimum Gasteiger partial charge on any atom is -0.497 e. The van der Waals surface area contributed by atoms with Gasteiger partial charge in [0.05, 0.1) is 18.9 Å². The van der Waals surface area contributed by atoms with Crippen molar-refractivity contribution in [3.8, 4) is 5.75 Å². The molecule has 2 N–H and O–H groups in total. The van der Waals surface area contributed by atoms with Crippen LogP contribution in [0.4, 0.5) is 5.69 Å². The van der Waals surface area contributed by atoms with Gasteiger partial charge in [0, 0.05) is 5.69 Å². The van der Waals surface area contributed by atoms with Gasteiger partial charge in [0.25, 0.3) is 0 Å². The summed E-state index contributed by atoms with van der Waals surface area (Å²) >= 11 is 0. The number of aliphatic carboxylic acids is 1. The van der Waals surface area contributed by atoms with Crippen molar-refractivity contribution in [1.29, 1.82) is 0 Å². The molecule has 24 heavy (non-hydrogen) atoms. The molecule has 2 saturated carbocycles. The van der Waals surface area contributed by atoms with Crippen molar-refractivity contribution in [2.24, 2.45) is 23.7 Å². The number of carbonyl (C=O) groups excluding carboxylic acids is 1. The van der Waals surface area contributed by atoms with Gasteiger partial charge in [-0.3, -0.25) is 9.59 Å². The zero-order valence-electron chi connectivity index (χ0n) is 14.2. The van der Waals surface area contributed by atoms with Crippen molar-refractivity contribution in [3.63, 3.8) is 0 Å². The van der Waals surface area contributed by atoms with Gasteiger partial charge >= 0.3 is 5.97 Å². The zero-order valence-corrected chi connectivity index (χ0v) is 14.2. The Morgan fingerprint density at radius 2 is 1.67 bits per heavy atom. The third-order valence-electron chi connectivity index (χ3n) is 5.36. The number of anilines is 1. The lowest BCUT2D eigenvalue weighted by Crippen LogP contribution is -2.37. The number of amides is 1. The highest BCUT2D eigenvalue weighted by molar-refractivity contribution is 5.96. The number of carboxylic acids is 1. The van der Waals surface area contributed by atoms with Crippen LogP contribution < -0.4 is 10.1 Å². The van der Waals surface area contributed by atoms with Crippen LogP contribution in [0.1, 0.15) is 26.7 Å². The molecule has 2 aliphatic rings. The standard InChI is InChI=1S/C19H23NO4/c1-10(2)15-13-8-9-14(15)17(19(22)23)16(13)18(21)20-11-4-6-12(24-3)7-5-11/h4-7,13-14,16-17H,8-9H2,1-3H3,(H,20,21)(H,22,23)/t13-,14+,16+,17+/m1/s1. The molecule has 0 unspecified atom stereocenters. The molecule has 1 aromatic carbocycles. The third-order valence-corrected chi connectivity index (χ3v) is 5.36. The van der Waals surface area contributed by atoms with Gasteiger partial charge in [-0.15, -0.1) is 0 Å². The Bertz CT molecular complexity index is 688. The van der Waals surface area contributed by atoms with Gasteiger partial charge in [-0.25, -0.2) is 0 Å². The molecular formula is C19H23NO4. The predicted molar refractivity (Wildman–Crippen MR) is 90.8 cm³/mol. The van der Waals surface area contributed by atoms with Crippen LogP contribution in [0.25, 0.3) is 0 Å². The largest absolute Gasteiger partial charge is 0.497 e. The highest BCUT2D eigenvalue weighted by Gasteiger charge is 2.57. The topological polar surface area (TPSA) is 75.6 Å². The lowest BCUT2D eigenvalue weighted by Gasteiger charge is -2.26. The molecule has 1 aromatic rings. The minimum absolute atomic E-state index is 0.00381. The first-order chi connectivity index (χ1) is 11.4. The number of methoxy groups -OCH3 is 1. The van der Waals surface area contributed by atoms with Crippen molar-refractivity contribution in [2.45, 2.75) is 26.7 Å². The van der Waals surface area contributed by atoms with Crippen LogP contribution in [0.3, 0.4) is 0 Å². The maximum Gasteiger partial charge on any atom is 0.307 e. The van der Waals surface area contributed by atoms with E-state index in [-0.39, 0.29) is 17.7 Å². The monoisotopic (exact) mass is 329 g/mol. The van der Waals surface area contributed by atoms with Crippen LogP contribution in [0, 0.1) is 23.7 Å². The summed E-state index contributed by atoms with van der Waals surface area (Å²) in [6.07, 6.45) is 1.77. The van der Waals surface area contributed by atoms with Gasteiger partial charge in [0.1, 0.15) is 5.75 Å². The molecule has 2 fully saturated rings.